The van der Waals surface area contributed by atoms with Crippen molar-refractivity contribution in [2.45, 2.75) is 31.3 Å². The lowest BCUT2D eigenvalue weighted by molar-refractivity contribution is -0.124. The minimum absolute atomic E-state index is 0.0417. The number of carbonyl (C=O) groups excluding carboxylic acids is 1. The van der Waals surface area contributed by atoms with Crippen LogP contribution in [0.1, 0.15) is 19.3 Å². The van der Waals surface area contributed by atoms with Crippen molar-refractivity contribution >= 4 is 29.1 Å². The lowest BCUT2D eigenvalue weighted by Crippen LogP contribution is -2.49. The van der Waals surface area contributed by atoms with Gasteiger partial charge in [-0.15, -0.1) is 0 Å². The van der Waals surface area contributed by atoms with E-state index in [2.05, 4.69) is 16.8 Å². The van der Waals surface area contributed by atoms with Crippen LogP contribution in [-0.4, -0.2) is 54.3 Å². The van der Waals surface area contributed by atoms with Crippen molar-refractivity contribution in [2.24, 2.45) is 0 Å². The molecule has 1 fully saturated rings. The van der Waals surface area contributed by atoms with E-state index in [1.165, 1.54) is 0 Å². The molecule has 0 radical (unpaired) electrons. The first-order chi connectivity index (χ1) is 15.4. The number of aliphatic hydroxyl groups excluding tert-OH is 1. The topological polar surface area (TPSA) is 71.0 Å². The van der Waals surface area contributed by atoms with Gasteiger partial charge >= 0.3 is 0 Å². The third kappa shape index (κ3) is 7.62. The molecule has 1 saturated heterocycles. The Morgan fingerprint density at radius 1 is 1.03 bits per heavy atom. The highest BCUT2D eigenvalue weighted by atomic mass is 35.5. The van der Waals surface area contributed by atoms with Crippen molar-refractivity contribution in [3.8, 4) is 11.5 Å². The molecule has 32 heavy (non-hydrogen) atoms. The number of hydrogen-bond acceptors (Lipinski definition) is 5. The zero-order chi connectivity index (χ0) is 22.9. The third-order valence-electron chi connectivity index (χ3n) is 5.38. The fourth-order valence-electron chi connectivity index (χ4n) is 3.68. The SMILES string of the molecule is C=C(O)C(CCOc1ccc(Cl)cc1)N1CCC(NC(=O)COc2ccc(Cl)cc2)CC1. The molecule has 0 aliphatic carbocycles. The number of nitrogens with one attached hydrogen (secondary N) is 1. The normalized spacial score (nSPS) is 15.7. The van der Waals surface area contributed by atoms with Gasteiger partial charge in [0.1, 0.15) is 17.3 Å². The standard InChI is InChI=1S/C24H28Cl2N2O4/c1-17(29)23(12-15-31-21-6-2-18(25)3-7-21)28-13-10-20(11-14-28)27-24(30)16-32-22-8-4-19(26)5-9-22/h2-9,20,23,29H,1,10-16H2,(H,27,30). The fourth-order valence-corrected chi connectivity index (χ4v) is 3.94. The van der Waals surface area contributed by atoms with E-state index in [0.717, 1.165) is 31.7 Å². The molecule has 1 aliphatic heterocycles. The van der Waals surface area contributed by atoms with Gasteiger partial charge in [0.15, 0.2) is 6.61 Å². The van der Waals surface area contributed by atoms with Gasteiger partial charge in [0, 0.05) is 35.6 Å². The predicted molar refractivity (Wildman–Crippen MR) is 127 cm³/mol. The summed E-state index contributed by atoms with van der Waals surface area (Å²) in [6.07, 6.45) is 2.19. The first-order valence-electron chi connectivity index (χ1n) is 10.6. The van der Waals surface area contributed by atoms with E-state index in [1.807, 2.05) is 12.1 Å². The van der Waals surface area contributed by atoms with Crippen LogP contribution in [0.15, 0.2) is 60.9 Å². The van der Waals surface area contributed by atoms with Crippen LogP contribution in [0.4, 0.5) is 0 Å². The largest absolute Gasteiger partial charge is 0.511 e. The Bertz CT molecular complexity index is 882. The maximum Gasteiger partial charge on any atom is 0.258 e. The summed E-state index contributed by atoms with van der Waals surface area (Å²) in [7, 11) is 0. The van der Waals surface area contributed by atoms with Gasteiger partial charge in [0.25, 0.3) is 5.91 Å². The zero-order valence-corrected chi connectivity index (χ0v) is 19.3. The van der Waals surface area contributed by atoms with Crippen LogP contribution in [0.2, 0.25) is 10.0 Å². The third-order valence-corrected chi connectivity index (χ3v) is 5.88. The molecule has 0 bridgehead atoms. The van der Waals surface area contributed by atoms with Gasteiger partial charge < -0.3 is 19.9 Å². The van der Waals surface area contributed by atoms with E-state index in [4.69, 9.17) is 32.7 Å². The Morgan fingerprint density at radius 2 is 1.56 bits per heavy atom. The molecular weight excluding hydrogens is 451 g/mol. The maximum atomic E-state index is 12.2. The minimum Gasteiger partial charge on any atom is -0.511 e. The van der Waals surface area contributed by atoms with Crippen molar-refractivity contribution in [1.29, 1.82) is 0 Å². The second-order valence-electron chi connectivity index (χ2n) is 7.72. The van der Waals surface area contributed by atoms with Crippen molar-refractivity contribution in [3.05, 3.63) is 70.9 Å². The Morgan fingerprint density at radius 3 is 2.09 bits per heavy atom. The molecule has 1 amide bonds. The van der Waals surface area contributed by atoms with Crippen molar-refractivity contribution in [2.75, 3.05) is 26.3 Å². The molecule has 6 nitrogen and oxygen atoms in total. The lowest BCUT2D eigenvalue weighted by Gasteiger charge is -2.37. The first kappa shape index (κ1) is 24.2. The number of ether oxygens (including phenoxy) is 2. The lowest BCUT2D eigenvalue weighted by atomic mass is 10.0. The smallest absolute Gasteiger partial charge is 0.258 e. The number of likely N-dealkylation sites (tertiary alicyclic amines) is 1. The molecule has 2 aromatic carbocycles. The van der Waals surface area contributed by atoms with Crippen LogP contribution in [0.25, 0.3) is 0 Å². The maximum absolute atomic E-state index is 12.2. The molecule has 0 aromatic heterocycles. The molecule has 172 valence electrons. The Hall–Kier alpha value is -2.41. The average Bonchev–Trinajstić information content (AvgIpc) is 2.78. The highest BCUT2D eigenvalue weighted by molar-refractivity contribution is 6.30. The first-order valence-corrected chi connectivity index (χ1v) is 11.3. The molecule has 1 heterocycles. The summed E-state index contributed by atoms with van der Waals surface area (Å²) in [5.41, 5.74) is 0. The molecule has 8 heteroatoms. The number of halogens is 2. The molecule has 1 unspecified atom stereocenters. The number of carbonyl (C=O) groups is 1. The molecule has 2 aromatic rings. The number of nitrogens with zero attached hydrogens (tertiary/aromatic N) is 1. The fraction of sp³-hybridized carbons (Fsp3) is 0.375. The van der Waals surface area contributed by atoms with Gasteiger partial charge in [-0.25, -0.2) is 0 Å². The predicted octanol–water partition coefficient (Wildman–Crippen LogP) is 4.86. The van der Waals surface area contributed by atoms with Crippen LogP contribution in [-0.2, 0) is 4.79 Å². The summed E-state index contributed by atoms with van der Waals surface area (Å²) >= 11 is 11.7. The quantitative estimate of drug-likeness (QED) is 0.477. The van der Waals surface area contributed by atoms with E-state index in [0.29, 0.717) is 28.8 Å². The highest BCUT2D eigenvalue weighted by Gasteiger charge is 2.27. The van der Waals surface area contributed by atoms with Gasteiger partial charge in [-0.05, 0) is 61.4 Å². The molecule has 3 rings (SSSR count). The van der Waals surface area contributed by atoms with Gasteiger partial charge in [-0.2, -0.15) is 0 Å². The van der Waals surface area contributed by atoms with E-state index >= 15 is 0 Å². The molecule has 1 aliphatic rings. The summed E-state index contributed by atoms with van der Waals surface area (Å²) in [6.45, 7) is 5.64. The zero-order valence-electron chi connectivity index (χ0n) is 17.8. The van der Waals surface area contributed by atoms with Gasteiger partial charge in [0.05, 0.1) is 12.6 Å². The molecule has 0 saturated carbocycles. The number of piperidine rings is 1. The Balaban J connectivity index is 1.39. The highest BCUT2D eigenvalue weighted by Crippen LogP contribution is 2.21. The van der Waals surface area contributed by atoms with E-state index in [9.17, 15) is 9.90 Å². The average molecular weight is 479 g/mol. The summed E-state index contributed by atoms with van der Waals surface area (Å²) in [5, 5.41) is 14.4. The van der Waals surface area contributed by atoms with Crippen LogP contribution in [0.3, 0.4) is 0 Å². The second-order valence-corrected chi connectivity index (χ2v) is 8.59. The summed E-state index contributed by atoms with van der Waals surface area (Å²) in [6, 6.07) is 14.0. The number of amides is 1. The molecule has 1 atom stereocenters. The van der Waals surface area contributed by atoms with Crippen molar-refractivity contribution in [3.63, 3.8) is 0 Å². The van der Waals surface area contributed by atoms with Gasteiger partial charge in [-0.3, -0.25) is 9.69 Å². The number of aliphatic hydroxyl groups is 1. The van der Waals surface area contributed by atoms with Crippen molar-refractivity contribution < 1.29 is 19.4 Å². The van der Waals surface area contributed by atoms with Crippen LogP contribution in [0, 0.1) is 0 Å². The summed E-state index contributed by atoms with van der Waals surface area (Å²) in [5.74, 6) is 1.31. The Kier molecular flexibility index (Phi) is 9.09. The van der Waals surface area contributed by atoms with Crippen LogP contribution >= 0.6 is 23.2 Å². The van der Waals surface area contributed by atoms with Gasteiger partial charge in [-0.1, -0.05) is 29.8 Å². The second kappa shape index (κ2) is 12.0. The van der Waals surface area contributed by atoms with E-state index in [1.54, 1.807) is 36.4 Å². The molecule has 2 N–H and O–H groups in total. The van der Waals surface area contributed by atoms with E-state index in [-0.39, 0.29) is 30.4 Å². The summed E-state index contributed by atoms with van der Waals surface area (Å²) < 4.78 is 11.3. The minimum atomic E-state index is -0.188. The van der Waals surface area contributed by atoms with Crippen molar-refractivity contribution in [1.82, 2.24) is 10.2 Å². The molecule has 0 spiro atoms. The Labute approximate surface area is 198 Å². The van der Waals surface area contributed by atoms with E-state index < -0.39 is 0 Å². The summed E-state index contributed by atoms with van der Waals surface area (Å²) in [4.78, 5) is 14.4. The number of hydrogen-bond donors (Lipinski definition) is 2. The molecular formula is C24H28Cl2N2O4. The van der Waals surface area contributed by atoms with Crippen LogP contribution in [0.5, 0.6) is 11.5 Å². The number of benzene rings is 2. The monoisotopic (exact) mass is 478 g/mol. The van der Waals surface area contributed by atoms with Crippen LogP contribution < -0.4 is 14.8 Å². The van der Waals surface area contributed by atoms with Gasteiger partial charge in [0.2, 0.25) is 0 Å². The number of rotatable bonds is 10.